The van der Waals surface area contributed by atoms with Gasteiger partial charge in [-0.2, -0.15) is 4.31 Å². The number of carbonyl (C=O) groups excluding carboxylic acids is 2. The number of hydrogen-bond acceptors (Lipinski definition) is 5. The van der Waals surface area contributed by atoms with Crippen LogP contribution in [-0.2, 0) is 24.3 Å². The summed E-state index contributed by atoms with van der Waals surface area (Å²) in [7, 11) is -3.71. The third kappa shape index (κ3) is 5.93. The zero-order valence-corrected chi connectivity index (χ0v) is 17.8. The summed E-state index contributed by atoms with van der Waals surface area (Å²) < 4.78 is 32.0. The minimum Gasteiger partial charge on any atom is -0.455 e. The molecular weight excluding hydrogens is 404 g/mol. The van der Waals surface area contributed by atoms with Crippen LogP contribution in [0.3, 0.4) is 0 Å². The van der Waals surface area contributed by atoms with Crippen molar-refractivity contribution in [3.05, 3.63) is 29.3 Å². The number of benzene rings is 1. The molecule has 1 heterocycles. The Morgan fingerprint density at radius 2 is 1.89 bits per heavy atom. The number of carbonyl (C=O) groups is 2. The molecule has 1 aliphatic rings. The van der Waals surface area contributed by atoms with Crippen LogP contribution in [-0.4, -0.2) is 50.3 Å². The van der Waals surface area contributed by atoms with Gasteiger partial charge in [-0.25, -0.2) is 8.42 Å². The Hall–Kier alpha value is -1.64. The minimum absolute atomic E-state index is 0.0396. The van der Waals surface area contributed by atoms with E-state index < -0.39 is 21.9 Å². The van der Waals surface area contributed by atoms with Crippen molar-refractivity contribution in [3.63, 3.8) is 0 Å². The molecular formula is C19H27ClN2O5S. The van der Waals surface area contributed by atoms with Gasteiger partial charge in [0.2, 0.25) is 10.0 Å². The molecule has 0 bridgehead atoms. The van der Waals surface area contributed by atoms with Gasteiger partial charge in [-0.05, 0) is 49.9 Å². The summed E-state index contributed by atoms with van der Waals surface area (Å²) in [6.45, 7) is 3.97. The molecule has 0 radical (unpaired) electrons. The molecule has 0 aromatic heterocycles. The second-order valence-corrected chi connectivity index (χ2v) is 9.22. The normalized spacial score (nSPS) is 18.1. The SMILES string of the molecule is CCC(CC)NC(=O)COC(=O)C1CCCN(S(=O)(=O)c2ccc(Cl)cc2)C1. The second-order valence-electron chi connectivity index (χ2n) is 6.84. The molecule has 28 heavy (non-hydrogen) atoms. The van der Waals surface area contributed by atoms with Crippen LogP contribution in [0.5, 0.6) is 0 Å². The Morgan fingerprint density at radius 1 is 1.25 bits per heavy atom. The number of nitrogens with one attached hydrogen (secondary N) is 1. The molecule has 1 saturated heterocycles. The van der Waals surface area contributed by atoms with Crippen molar-refractivity contribution in [1.29, 1.82) is 0 Å². The lowest BCUT2D eigenvalue weighted by molar-refractivity contribution is -0.153. The summed E-state index contributed by atoms with van der Waals surface area (Å²) in [5.74, 6) is -1.48. The molecule has 1 atom stereocenters. The number of halogens is 1. The fourth-order valence-electron chi connectivity index (χ4n) is 3.13. The topological polar surface area (TPSA) is 92.8 Å². The molecule has 1 unspecified atom stereocenters. The molecule has 9 heteroatoms. The van der Waals surface area contributed by atoms with E-state index in [1.54, 1.807) is 0 Å². The van der Waals surface area contributed by atoms with Crippen LogP contribution >= 0.6 is 11.6 Å². The Labute approximate surface area is 171 Å². The summed E-state index contributed by atoms with van der Waals surface area (Å²) in [5.41, 5.74) is 0. The summed E-state index contributed by atoms with van der Waals surface area (Å²) in [5, 5.41) is 3.25. The average Bonchev–Trinajstić information content (AvgIpc) is 2.70. The first-order valence-electron chi connectivity index (χ1n) is 9.49. The van der Waals surface area contributed by atoms with E-state index in [2.05, 4.69) is 5.32 Å². The quantitative estimate of drug-likeness (QED) is 0.640. The van der Waals surface area contributed by atoms with Crippen molar-refractivity contribution >= 4 is 33.5 Å². The fraction of sp³-hybridized carbons (Fsp3) is 0.579. The summed E-state index contributed by atoms with van der Waals surface area (Å²) in [6, 6.07) is 5.98. The van der Waals surface area contributed by atoms with Gasteiger partial charge in [0.25, 0.3) is 5.91 Å². The maximum Gasteiger partial charge on any atom is 0.310 e. The largest absolute Gasteiger partial charge is 0.455 e. The molecule has 1 fully saturated rings. The number of ether oxygens (including phenoxy) is 1. The molecule has 1 N–H and O–H groups in total. The van der Waals surface area contributed by atoms with Crippen molar-refractivity contribution in [2.75, 3.05) is 19.7 Å². The zero-order valence-electron chi connectivity index (χ0n) is 16.2. The predicted molar refractivity (Wildman–Crippen MR) is 106 cm³/mol. The van der Waals surface area contributed by atoms with Crippen molar-refractivity contribution in [1.82, 2.24) is 9.62 Å². The van der Waals surface area contributed by atoms with Crippen LogP contribution in [0.4, 0.5) is 0 Å². The first-order chi connectivity index (χ1) is 13.3. The van der Waals surface area contributed by atoms with E-state index in [4.69, 9.17) is 16.3 Å². The van der Waals surface area contributed by atoms with Gasteiger partial charge in [0.05, 0.1) is 10.8 Å². The van der Waals surface area contributed by atoms with E-state index in [0.717, 1.165) is 12.8 Å². The smallest absolute Gasteiger partial charge is 0.310 e. The Balaban J connectivity index is 1.94. The lowest BCUT2D eigenvalue weighted by Gasteiger charge is -2.30. The summed E-state index contributed by atoms with van der Waals surface area (Å²) >= 11 is 5.82. The van der Waals surface area contributed by atoms with Gasteiger partial charge in [0.15, 0.2) is 6.61 Å². The number of rotatable bonds is 8. The standard InChI is InChI=1S/C19H27ClN2O5S/c1-3-16(4-2)21-18(23)13-27-19(24)14-6-5-11-22(12-14)28(25,26)17-9-7-15(20)8-10-17/h7-10,14,16H,3-6,11-13H2,1-2H3,(H,21,23). The highest BCUT2D eigenvalue weighted by Crippen LogP contribution is 2.25. The van der Waals surface area contributed by atoms with Crippen molar-refractivity contribution in [2.45, 2.75) is 50.5 Å². The molecule has 2 rings (SSSR count). The van der Waals surface area contributed by atoms with Gasteiger partial charge < -0.3 is 10.1 Å². The molecule has 156 valence electrons. The number of amides is 1. The molecule has 1 aromatic carbocycles. The lowest BCUT2D eigenvalue weighted by atomic mass is 10.00. The predicted octanol–water partition coefficient (Wildman–Crippen LogP) is 2.59. The number of nitrogens with zero attached hydrogens (tertiary/aromatic N) is 1. The lowest BCUT2D eigenvalue weighted by Crippen LogP contribution is -2.43. The van der Waals surface area contributed by atoms with Gasteiger partial charge in [-0.3, -0.25) is 9.59 Å². The molecule has 7 nitrogen and oxygen atoms in total. The molecule has 1 aliphatic heterocycles. The van der Waals surface area contributed by atoms with Crippen LogP contribution in [0.2, 0.25) is 5.02 Å². The van der Waals surface area contributed by atoms with Crippen LogP contribution in [0.25, 0.3) is 0 Å². The first-order valence-corrected chi connectivity index (χ1v) is 11.3. The second kappa shape index (κ2) is 10.2. The van der Waals surface area contributed by atoms with E-state index in [1.807, 2.05) is 13.8 Å². The van der Waals surface area contributed by atoms with Gasteiger partial charge in [-0.1, -0.05) is 25.4 Å². The van der Waals surface area contributed by atoms with Crippen LogP contribution in [0.15, 0.2) is 29.2 Å². The van der Waals surface area contributed by atoms with Gasteiger partial charge in [-0.15, -0.1) is 0 Å². The minimum atomic E-state index is -3.71. The van der Waals surface area contributed by atoms with Crippen LogP contribution in [0.1, 0.15) is 39.5 Å². The maximum atomic E-state index is 12.8. The van der Waals surface area contributed by atoms with Crippen LogP contribution < -0.4 is 5.32 Å². The average molecular weight is 431 g/mol. The van der Waals surface area contributed by atoms with Gasteiger partial charge in [0.1, 0.15) is 0 Å². The van der Waals surface area contributed by atoms with E-state index in [-0.39, 0.29) is 30.0 Å². The van der Waals surface area contributed by atoms with Crippen molar-refractivity contribution in [2.24, 2.45) is 5.92 Å². The molecule has 1 amide bonds. The van der Waals surface area contributed by atoms with E-state index >= 15 is 0 Å². The first kappa shape index (κ1) is 22.6. The van der Waals surface area contributed by atoms with Crippen molar-refractivity contribution < 1.29 is 22.7 Å². The number of hydrogen-bond donors (Lipinski definition) is 1. The van der Waals surface area contributed by atoms with E-state index in [1.165, 1.54) is 28.6 Å². The number of sulfonamides is 1. The number of esters is 1. The summed E-state index contributed by atoms with van der Waals surface area (Å²) in [4.78, 5) is 24.4. The molecule has 0 spiro atoms. The third-order valence-electron chi connectivity index (χ3n) is 4.87. The van der Waals surface area contributed by atoms with Crippen molar-refractivity contribution in [3.8, 4) is 0 Å². The molecule has 0 aliphatic carbocycles. The monoisotopic (exact) mass is 430 g/mol. The van der Waals surface area contributed by atoms with Gasteiger partial charge >= 0.3 is 5.97 Å². The molecule has 1 aromatic rings. The van der Waals surface area contributed by atoms with Gasteiger partial charge in [0, 0.05) is 24.2 Å². The fourth-order valence-corrected chi connectivity index (χ4v) is 4.78. The molecule has 0 saturated carbocycles. The Morgan fingerprint density at radius 3 is 2.50 bits per heavy atom. The zero-order chi connectivity index (χ0) is 20.7. The van der Waals surface area contributed by atoms with E-state index in [9.17, 15) is 18.0 Å². The Bertz CT molecular complexity index is 778. The van der Waals surface area contributed by atoms with Crippen LogP contribution in [0, 0.1) is 5.92 Å². The summed E-state index contributed by atoms with van der Waals surface area (Å²) in [6.07, 6.45) is 2.68. The Kier molecular flexibility index (Phi) is 8.27. The van der Waals surface area contributed by atoms with E-state index in [0.29, 0.717) is 24.4 Å². The highest BCUT2D eigenvalue weighted by Gasteiger charge is 2.34. The third-order valence-corrected chi connectivity index (χ3v) is 7.00. The number of piperidine rings is 1. The highest BCUT2D eigenvalue weighted by atomic mass is 35.5. The highest BCUT2D eigenvalue weighted by molar-refractivity contribution is 7.89. The maximum absolute atomic E-state index is 12.8.